The Morgan fingerprint density at radius 3 is 2.93 bits per heavy atom. The molecular weight excluding hydrogens is 342 g/mol. The summed E-state index contributed by atoms with van der Waals surface area (Å²) in [5.74, 6) is 1.41. The first kappa shape index (κ1) is 15.7. The maximum Gasteiger partial charge on any atom is 0.226 e. The van der Waals surface area contributed by atoms with Crippen LogP contribution in [0.3, 0.4) is 0 Å². The number of nitrogens with zero attached hydrogens (tertiary/aromatic N) is 4. The third-order valence-electron chi connectivity index (χ3n) is 4.97. The quantitative estimate of drug-likeness (QED) is 0.730. The molecule has 0 spiro atoms. The summed E-state index contributed by atoms with van der Waals surface area (Å²) in [6.07, 6.45) is 5.55. The number of allylic oxidation sites excluding steroid dienone is 2. The van der Waals surface area contributed by atoms with Crippen molar-refractivity contribution < 1.29 is 9.90 Å². The van der Waals surface area contributed by atoms with Crippen molar-refractivity contribution in [3.63, 3.8) is 0 Å². The van der Waals surface area contributed by atoms with Crippen LogP contribution < -0.4 is 5.32 Å². The van der Waals surface area contributed by atoms with Crippen LogP contribution in [0.2, 0.25) is 0 Å². The number of fused-ring (bicyclic) bond motifs is 1. The molecule has 5 rings (SSSR count). The molecule has 3 aromatic rings. The molecule has 1 aromatic carbocycles. The van der Waals surface area contributed by atoms with Crippen molar-refractivity contribution >= 4 is 11.7 Å². The standard InChI is InChI=1S/C20H17N5O2/c26-14-6-1-4-12(10-14)18-17-15(7-2-8-16(17)27)22-20-23-19(24-25(18)20)13-5-3-9-21-11-13/h1,3-6,9-11,18,26H,2,7-8H2,(H,22,23,24). The van der Waals surface area contributed by atoms with Gasteiger partial charge < -0.3 is 10.4 Å². The van der Waals surface area contributed by atoms with Gasteiger partial charge in [-0.15, -0.1) is 5.10 Å². The molecule has 0 fully saturated rings. The van der Waals surface area contributed by atoms with E-state index in [0.717, 1.165) is 29.7 Å². The first-order chi connectivity index (χ1) is 13.2. The van der Waals surface area contributed by atoms with E-state index in [4.69, 9.17) is 0 Å². The Bertz CT molecular complexity index is 1070. The molecule has 1 atom stereocenters. The van der Waals surface area contributed by atoms with Crippen molar-refractivity contribution in [2.24, 2.45) is 0 Å². The number of carbonyl (C=O) groups excluding carboxylic acids is 1. The zero-order valence-corrected chi connectivity index (χ0v) is 14.5. The molecule has 7 heteroatoms. The van der Waals surface area contributed by atoms with Gasteiger partial charge in [0.25, 0.3) is 0 Å². The predicted molar refractivity (Wildman–Crippen MR) is 99.0 cm³/mol. The van der Waals surface area contributed by atoms with Crippen LogP contribution in [0.5, 0.6) is 5.75 Å². The van der Waals surface area contributed by atoms with Gasteiger partial charge in [0.15, 0.2) is 11.6 Å². The molecule has 2 aliphatic rings. The fraction of sp³-hybridized carbons (Fsp3) is 0.200. The lowest BCUT2D eigenvalue weighted by molar-refractivity contribution is -0.116. The number of phenolic OH excluding ortho intramolecular Hbond substituents is 1. The number of aromatic nitrogens is 4. The maximum atomic E-state index is 12.8. The molecule has 3 heterocycles. The van der Waals surface area contributed by atoms with E-state index in [-0.39, 0.29) is 11.5 Å². The molecule has 27 heavy (non-hydrogen) atoms. The van der Waals surface area contributed by atoms with Gasteiger partial charge in [-0.2, -0.15) is 4.98 Å². The number of pyridine rings is 1. The Morgan fingerprint density at radius 2 is 2.11 bits per heavy atom. The van der Waals surface area contributed by atoms with Crippen molar-refractivity contribution in [1.82, 2.24) is 19.7 Å². The number of Topliss-reactive ketones (excluding diaryl/α,β-unsaturated/α-hetero) is 1. The molecule has 7 nitrogen and oxygen atoms in total. The zero-order chi connectivity index (χ0) is 18.4. The largest absolute Gasteiger partial charge is 0.508 e. The highest BCUT2D eigenvalue weighted by Crippen LogP contribution is 2.41. The van der Waals surface area contributed by atoms with Gasteiger partial charge in [-0.1, -0.05) is 12.1 Å². The maximum absolute atomic E-state index is 12.8. The minimum absolute atomic E-state index is 0.112. The van der Waals surface area contributed by atoms with E-state index < -0.39 is 6.04 Å². The van der Waals surface area contributed by atoms with E-state index in [2.05, 4.69) is 20.4 Å². The summed E-state index contributed by atoms with van der Waals surface area (Å²) >= 11 is 0. The topological polar surface area (TPSA) is 92.9 Å². The van der Waals surface area contributed by atoms with Gasteiger partial charge in [-0.25, -0.2) is 4.68 Å². The highest BCUT2D eigenvalue weighted by molar-refractivity contribution is 5.99. The van der Waals surface area contributed by atoms with Gasteiger partial charge in [0.1, 0.15) is 11.8 Å². The molecular formula is C20H17N5O2. The number of aromatic hydroxyl groups is 1. The summed E-state index contributed by atoms with van der Waals surface area (Å²) in [5.41, 5.74) is 3.22. The van der Waals surface area contributed by atoms with Crippen molar-refractivity contribution in [2.45, 2.75) is 25.3 Å². The highest BCUT2D eigenvalue weighted by Gasteiger charge is 2.37. The van der Waals surface area contributed by atoms with Crippen molar-refractivity contribution in [1.29, 1.82) is 0 Å². The second-order valence-electron chi connectivity index (χ2n) is 6.74. The number of anilines is 1. The summed E-state index contributed by atoms with van der Waals surface area (Å²) in [7, 11) is 0. The van der Waals surface area contributed by atoms with E-state index in [1.807, 2.05) is 18.2 Å². The monoisotopic (exact) mass is 359 g/mol. The molecule has 0 radical (unpaired) electrons. The van der Waals surface area contributed by atoms with Crippen LogP contribution in [-0.4, -0.2) is 30.6 Å². The van der Waals surface area contributed by atoms with Crippen LogP contribution >= 0.6 is 0 Å². The number of rotatable bonds is 2. The van der Waals surface area contributed by atoms with E-state index in [1.165, 1.54) is 0 Å². The van der Waals surface area contributed by atoms with E-state index in [1.54, 1.807) is 35.3 Å². The molecule has 134 valence electrons. The molecule has 1 aliphatic heterocycles. The zero-order valence-electron chi connectivity index (χ0n) is 14.5. The van der Waals surface area contributed by atoms with Gasteiger partial charge in [-0.05, 0) is 42.7 Å². The molecule has 1 unspecified atom stereocenters. The Morgan fingerprint density at radius 1 is 1.19 bits per heavy atom. The van der Waals surface area contributed by atoms with Gasteiger partial charge in [-0.3, -0.25) is 9.78 Å². The number of phenols is 1. The molecule has 0 amide bonds. The summed E-state index contributed by atoms with van der Waals surface area (Å²) in [6, 6.07) is 10.3. The first-order valence-electron chi connectivity index (χ1n) is 8.90. The van der Waals surface area contributed by atoms with Crippen LogP contribution in [0.4, 0.5) is 5.95 Å². The second-order valence-corrected chi connectivity index (χ2v) is 6.74. The number of benzene rings is 1. The SMILES string of the molecule is O=C1CCCC2=C1C(c1cccc(O)c1)n1nc(-c3cccnc3)nc1N2. The van der Waals surface area contributed by atoms with E-state index >= 15 is 0 Å². The smallest absolute Gasteiger partial charge is 0.226 e. The third kappa shape index (κ3) is 2.59. The van der Waals surface area contributed by atoms with Gasteiger partial charge >= 0.3 is 0 Å². The summed E-state index contributed by atoms with van der Waals surface area (Å²) in [5, 5.41) is 17.9. The predicted octanol–water partition coefficient (Wildman–Crippen LogP) is 3.07. The van der Waals surface area contributed by atoms with E-state index in [9.17, 15) is 9.90 Å². The van der Waals surface area contributed by atoms with Gasteiger partial charge in [0.05, 0.1) is 0 Å². The van der Waals surface area contributed by atoms with Crippen LogP contribution in [-0.2, 0) is 4.79 Å². The highest BCUT2D eigenvalue weighted by atomic mass is 16.3. The van der Waals surface area contributed by atoms with Crippen molar-refractivity contribution in [3.8, 4) is 17.1 Å². The number of nitrogens with one attached hydrogen (secondary N) is 1. The Labute approximate surface area is 155 Å². The van der Waals surface area contributed by atoms with Crippen LogP contribution in [0.25, 0.3) is 11.4 Å². The molecule has 2 N–H and O–H groups in total. The third-order valence-corrected chi connectivity index (χ3v) is 4.97. The molecule has 0 bridgehead atoms. The average molecular weight is 359 g/mol. The van der Waals surface area contributed by atoms with Crippen LogP contribution in [0.15, 0.2) is 60.1 Å². The second kappa shape index (κ2) is 6.05. The number of hydrogen-bond donors (Lipinski definition) is 2. The fourth-order valence-corrected chi connectivity index (χ4v) is 3.78. The first-order valence-corrected chi connectivity index (χ1v) is 8.90. The number of hydrogen-bond acceptors (Lipinski definition) is 6. The Balaban J connectivity index is 1.70. The lowest BCUT2D eigenvalue weighted by Gasteiger charge is -2.32. The normalized spacial score (nSPS) is 18.7. The van der Waals surface area contributed by atoms with Gasteiger partial charge in [0, 0.05) is 35.6 Å². The summed E-state index contributed by atoms with van der Waals surface area (Å²) in [6.45, 7) is 0. The van der Waals surface area contributed by atoms with Gasteiger partial charge in [0.2, 0.25) is 5.95 Å². The summed E-state index contributed by atoms with van der Waals surface area (Å²) < 4.78 is 1.74. The van der Waals surface area contributed by atoms with Crippen LogP contribution in [0.1, 0.15) is 30.9 Å². The lowest BCUT2D eigenvalue weighted by Crippen LogP contribution is -2.31. The number of carbonyl (C=O) groups is 1. The molecule has 1 aliphatic carbocycles. The molecule has 0 saturated heterocycles. The molecule has 0 saturated carbocycles. The summed E-state index contributed by atoms with van der Waals surface area (Å²) in [4.78, 5) is 21.5. The number of ketones is 1. The molecule has 2 aromatic heterocycles. The van der Waals surface area contributed by atoms with Crippen LogP contribution in [0, 0.1) is 0 Å². The minimum atomic E-state index is -0.408. The average Bonchev–Trinajstić information content (AvgIpc) is 3.11. The Kier molecular flexibility index (Phi) is 3.53. The van der Waals surface area contributed by atoms with Crippen molar-refractivity contribution in [2.75, 3.05) is 5.32 Å². The van der Waals surface area contributed by atoms with E-state index in [0.29, 0.717) is 23.8 Å². The minimum Gasteiger partial charge on any atom is -0.508 e. The fourth-order valence-electron chi connectivity index (χ4n) is 3.78. The Hall–Kier alpha value is -3.48. The lowest BCUT2D eigenvalue weighted by atomic mass is 9.85. The van der Waals surface area contributed by atoms with Crippen molar-refractivity contribution in [3.05, 3.63) is 65.6 Å².